The predicted octanol–water partition coefficient (Wildman–Crippen LogP) is 1.14. The number of hydrogen-bond acceptors (Lipinski definition) is 5. The molecule has 1 atom stereocenters. The maximum atomic E-state index is 12.3. The molecule has 1 aliphatic rings. The van der Waals surface area contributed by atoms with Crippen molar-refractivity contribution in [1.82, 2.24) is 19.0 Å². The quantitative estimate of drug-likeness (QED) is 0.875. The first-order chi connectivity index (χ1) is 8.33. The summed E-state index contributed by atoms with van der Waals surface area (Å²) in [6.45, 7) is 4.84. The van der Waals surface area contributed by atoms with Crippen LogP contribution < -0.4 is 5.32 Å². The first kappa shape index (κ1) is 12.4. The molecule has 0 aromatic carbocycles. The molecule has 5 nitrogen and oxygen atoms in total. The summed E-state index contributed by atoms with van der Waals surface area (Å²) in [6.07, 6.45) is 4.75. The highest BCUT2D eigenvalue weighted by molar-refractivity contribution is 6.99. The van der Waals surface area contributed by atoms with Gasteiger partial charge < -0.3 is 10.2 Å². The zero-order valence-corrected chi connectivity index (χ0v) is 10.9. The molecular weight excluding hydrogens is 236 g/mol. The summed E-state index contributed by atoms with van der Waals surface area (Å²) in [6, 6.07) is 0.304. The third-order valence-electron chi connectivity index (χ3n) is 3.02. The van der Waals surface area contributed by atoms with E-state index in [2.05, 4.69) is 21.0 Å². The lowest BCUT2D eigenvalue weighted by Gasteiger charge is -2.34. The molecule has 1 aliphatic heterocycles. The van der Waals surface area contributed by atoms with E-state index >= 15 is 0 Å². The van der Waals surface area contributed by atoms with Gasteiger partial charge in [-0.2, -0.15) is 8.75 Å². The Hall–Kier alpha value is -1.01. The number of rotatable bonds is 4. The predicted molar refractivity (Wildman–Crippen MR) is 67.1 cm³/mol. The molecule has 2 heterocycles. The Morgan fingerprint density at radius 1 is 1.71 bits per heavy atom. The van der Waals surface area contributed by atoms with Crippen LogP contribution in [0.5, 0.6) is 0 Å². The number of nitrogens with zero attached hydrogens (tertiary/aromatic N) is 3. The minimum absolute atomic E-state index is 0.0225. The topological polar surface area (TPSA) is 58.1 Å². The molecule has 1 amide bonds. The molecule has 1 aromatic rings. The van der Waals surface area contributed by atoms with Gasteiger partial charge >= 0.3 is 0 Å². The van der Waals surface area contributed by atoms with E-state index in [9.17, 15) is 4.79 Å². The normalized spacial score (nSPS) is 20.2. The van der Waals surface area contributed by atoms with Crippen molar-refractivity contribution in [2.24, 2.45) is 0 Å². The summed E-state index contributed by atoms with van der Waals surface area (Å²) in [7, 11) is 0. The molecule has 1 aromatic heterocycles. The molecule has 0 radical (unpaired) electrons. The molecule has 0 saturated carbocycles. The second-order valence-corrected chi connectivity index (χ2v) is 4.85. The fourth-order valence-electron chi connectivity index (χ4n) is 2.20. The third-order valence-corrected chi connectivity index (χ3v) is 3.50. The number of hydrogen-bond donors (Lipinski definition) is 1. The van der Waals surface area contributed by atoms with Gasteiger partial charge in [-0.3, -0.25) is 4.79 Å². The highest BCUT2D eigenvalue weighted by Crippen LogP contribution is 2.14. The van der Waals surface area contributed by atoms with Gasteiger partial charge in [0.1, 0.15) is 0 Å². The highest BCUT2D eigenvalue weighted by Gasteiger charge is 2.26. The smallest absolute Gasteiger partial charge is 0.275 e. The van der Waals surface area contributed by atoms with Crippen LogP contribution in [-0.2, 0) is 0 Å². The van der Waals surface area contributed by atoms with Gasteiger partial charge in [-0.25, -0.2) is 0 Å². The van der Waals surface area contributed by atoms with Crippen LogP contribution in [0, 0.1) is 0 Å². The molecule has 2 rings (SSSR count). The van der Waals surface area contributed by atoms with E-state index in [1.807, 2.05) is 4.90 Å². The second kappa shape index (κ2) is 6.07. The molecule has 1 N–H and O–H groups in total. The minimum Gasteiger partial charge on any atom is -0.333 e. The monoisotopic (exact) mass is 254 g/mol. The maximum absolute atomic E-state index is 12.3. The number of aromatic nitrogens is 2. The van der Waals surface area contributed by atoms with Crippen LogP contribution in [-0.4, -0.2) is 45.2 Å². The Labute approximate surface area is 106 Å². The van der Waals surface area contributed by atoms with Crippen molar-refractivity contribution >= 4 is 17.6 Å². The summed E-state index contributed by atoms with van der Waals surface area (Å²) >= 11 is 1.09. The Bertz CT molecular complexity index is 348. The molecule has 0 aliphatic carbocycles. The van der Waals surface area contributed by atoms with E-state index in [4.69, 9.17) is 0 Å². The molecular formula is C11H18N4OS. The first-order valence-corrected chi connectivity index (χ1v) is 6.85. The lowest BCUT2D eigenvalue weighted by molar-refractivity contribution is 0.0644. The van der Waals surface area contributed by atoms with E-state index in [1.54, 1.807) is 6.20 Å². The lowest BCUT2D eigenvalue weighted by atomic mass is 10.1. The molecule has 0 spiro atoms. The van der Waals surface area contributed by atoms with Crippen LogP contribution in [0.15, 0.2) is 6.20 Å². The largest absolute Gasteiger partial charge is 0.333 e. The standard InChI is InChI=1S/C11H18N4OS/c1-2-6-15(9-4-3-5-12-7-9)11(16)10-8-13-17-14-10/h8-9,12H,2-7H2,1H3. The Kier molecular flexibility index (Phi) is 4.44. The zero-order valence-electron chi connectivity index (χ0n) is 10.1. The molecule has 0 bridgehead atoms. The van der Waals surface area contributed by atoms with Crippen LogP contribution >= 0.6 is 11.7 Å². The van der Waals surface area contributed by atoms with Crippen LogP contribution in [0.1, 0.15) is 36.7 Å². The third kappa shape index (κ3) is 3.01. The zero-order chi connectivity index (χ0) is 12.1. The maximum Gasteiger partial charge on any atom is 0.275 e. The average Bonchev–Trinajstić information content (AvgIpc) is 2.90. The van der Waals surface area contributed by atoms with Crippen molar-refractivity contribution in [3.63, 3.8) is 0 Å². The van der Waals surface area contributed by atoms with Gasteiger partial charge in [-0.1, -0.05) is 6.92 Å². The van der Waals surface area contributed by atoms with Crippen LogP contribution in [0.25, 0.3) is 0 Å². The number of amides is 1. The summed E-state index contributed by atoms with van der Waals surface area (Å²) in [5, 5.41) is 3.35. The van der Waals surface area contributed by atoms with Gasteiger partial charge in [0.05, 0.1) is 17.9 Å². The molecule has 1 saturated heterocycles. The number of piperidine rings is 1. The van der Waals surface area contributed by atoms with Gasteiger partial charge in [0, 0.05) is 19.1 Å². The van der Waals surface area contributed by atoms with Gasteiger partial charge in [-0.15, -0.1) is 0 Å². The summed E-state index contributed by atoms with van der Waals surface area (Å²) in [4.78, 5) is 14.2. The summed E-state index contributed by atoms with van der Waals surface area (Å²) in [5.41, 5.74) is 0.481. The van der Waals surface area contributed by atoms with Crippen molar-refractivity contribution in [2.45, 2.75) is 32.2 Å². The van der Waals surface area contributed by atoms with E-state index in [0.29, 0.717) is 11.7 Å². The Morgan fingerprint density at radius 2 is 2.59 bits per heavy atom. The van der Waals surface area contributed by atoms with E-state index in [-0.39, 0.29) is 5.91 Å². The Morgan fingerprint density at radius 3 is 3.18 bits per heavy atom. The second-order valence-electron chi connectivity index (χ2n) is 4.29. The SMILES string of the molecule is CCCN(C(=O)c1cnsn1)C1CCCNC1. The highest BCUT2D eigenvalue weighted by atomic mass is 32.1. The van der Waals surface area contributed by atoms with Crippen molar-refractivity contribution in [2.75, 3.05) is 19.6 Å². The first-order valence-electron chi connectivity index (χ1n) is 6.12. The molecule has 17 heavy (non-hydrogen) atoms. The number of carbonyl (C=O) groups excluding carboxylic acids is 1. The van der Waals surface area contributed by atoms with Gasteiger partial charge in [0.25, 0.3) is 5.91 Å². The number of carbonyl (C=O) groups is 1. The fraction of sp³-hybridized carbons (Fsp3) is 0.727. The minimum atomic E-state index is 0.0225. The van der Waals surface area contributed by atoms with Crippen LogP contribution in [0.3, 0.4) is 0 Å². The van der Waals surface area contributed by atoms with E-state index < -0.39 is 0 Å². The van der Waals surface area contributed by atoms with Crippen LogP contribution in [0.4, 0.5) is 0 Å². The average molecular weight is 254 g/mol. The van der Waals surface area contributed by atoms with Gasteiger partial charge in [-0.05, 0) is 25.8 Å². The number of nitrogens with one attached hydrogen (secondary N) is 1. The van der Waals surface area contributed by atoms with E-state index in [0.717, 1.165) is 50.6 Å². The van der Waals surface area contributed by atoms with Crippen LogP contribution in [0.2, 0.25) is 0 Å². The van der Waals surface area contributed by atoms with Crippen molar-refractivity contribution in [1.29, 1.82) is 0 Å². The fourth-order valence-corrected chi connectivity index (χ4v) is 2.60. The van der Waals surface area contributed by atoms with Crippen molar-refractivity contribution < 1.29 is 4.79 Å². The molecule has 1 fully saturated rings. The molecule has 94 valence electrons. The Balaban J connectivity index is 2.07. The van der Waals surface area contributed by atoms with Gasteiger partial charge in [0.15, 0.2) is 5.69 Å². The summed E-state index contributed by atoms with van der Waals surface area (Å²) < 4.78 is 7.93. The van der Waals surface area contributed by atoms with Crippen molar-refractivity contribution in [3.8, 4) is 0 Å². The molecule has 6 heteroatoms. The van der Waals surface area contributed by atoms with Crippen molar-refractivity contribution in [3.05, 3.63) is 11.9 Å². The van der Waals surface area contributed by atoms with Gasteiger partial charge in [0.2, 0.25) is 0 Å². The summed E-state index contributed by atoms with van der Waals surface area (Å²) in [5.74, 6) is 0.0225. The lowest BCUT2D eigenvalue weighted by Crippen LogP contribution is -2.49. The van der Waals surface area contributed by atoms with E-state index in [1.165, 1.54) is 0 Å². The molecule has 1 unspecified atom stereocenters.